The Labute approximate surface area is 76.5 Å². The van der Waals surface area contributed by atoms with Gasteiger partial charge in [-0.2, -0.15) is 0 Å². The molecule has 1 fully saturated rings. The standard InChI is InChI=1S/C9H12O4/c1-6(3-8(10)12-2)7-4-9(11)13-5-7/h3,7H,4-5H2,1-2H3/b6-3-. The Hall–Kier alpha value is -1.32. The molecule has 0 N–H and O–H groups in total. The molecule has 4 heteroatoms. The molecule has 0 radical (unpaired) electrons. The Kier molecular flexibility index (Phi) is 3.06. The molecule has 1 aliphatic heterocycles. The minimum Gasteiger partial charge on any atom is -0.466 e. The number of ether oxygens (including phenoxy) is 2. The average Bonchev–Trinajstić information content (AvgIpc) is 2.51. The minimum atomic E-state index is -0.392. The van der Waals surface area contributed by atoms with Gasteiger partial charge < -0.3 is 9.47 Å². The second kappa shape index (κ2) is 4.07. The number of methoxy groups -OCH3 is 1. The molecular formula is C9H12O4. The van der Waals surface area contributed by atoms with E-state index in [4.69, 9.17) is 4.74 Å². The highest BCUT2D eigenvalue weighted by Gasteiger charge is 2.25. The van der Waals surface area contributed by atoms with Crippen LogP contribution in [-0.4, -0.2) is 25.7 Å². The summed E-state index contributed by atoms with van der Waals surface area (Å²) in [5.74, 6) is -0.564. The van der Waals surface area contributed by atoms with Crippen molar-refractivity contribution in [2.24, 2.45) is 5.92 Å². The van der Waals surface area contributed by atoms with Crippen LogP contribution in [0, 0.1) is 5.92 Å². The molecule has 0 aromatic rings. The molecular weight excluding hydrogens is 172 g/mol. The van der Waals surface area contributed by atoms with Gasteiger partial charge in [0.1, 0.15) is 0 Å². The van der Waals surface area contributed by atoms with Crippen molar-refractivity contribution in [2.45, 2.75) is 13.3 Å². The zero-order valence-electron chi connectivity index (χ0n) is 7.70. The van der Waals surface area contributed by atoms with E-state index in [9.17, 15) is 9.59 Å². The van der Waals surface area contributed by atoms with Gasteiger partial charge in [0.25, 0.3) is 0 Å². The smallest absolute Gasteiger partial charge is 0.330 e. The van der Waals surface area contributed by atoms with Crippen LogP contribution in [0.2, 0.25) is 0 Å². The first-order valence-electron chi connectivity index (χ1n) is 4.05. The lowest BCUT2D eigenvalue weighted by atomic mass is 9.99. The Morgan fingerprint density at radius 1 is 1.69 bits per heavy atom. The maximum atomic E-state index is 10.8. The van der Waals surface area contributed by atoms with Crippen LogP contribution in [0.25, 0.3) is 0 Å². The van der Waals surface area contributed by atoms with Gasteiger partial charge in [-0.1, -0.05) is 5.57 Å². The van der Waals surface area contributed by atoms with Crippen LogP contribution >= 0.6 is 0 Å². The van der Waals surface area contributed by atoms with Crippen LogP contribution in [0.15, 0.2) is 11.6 Å². The third kappa shape index (κ3) is 2.57. The molecule has 0 amide bonds. The summed E-state index contributed by atoms with van der Waals surface area (Å²) in [6.07, 6.45) is 1.76. The molecule has 1 rings (SSSR count). The molecule has 1 aliphatic rings. The van der Waals surface area contributed by atoms with Crippen LogP contribution in [0.4, 0.5) is 0 Å². The van der Waals surface area contributed by atoms with Gasteiger partial charge in [0.05, 0.1) is 20.1 Å². The summed E-state index contributed by atoms with van der Waals surface area (Å²) in [6, 6.07) is 0. The van der Waals surface area contributed by atoms with Crippen molar-refractivity contribution in [3.8, 4) is 0 Å². The zero-order chi connectivity index (χ0) is 9.84. The second-order valence-corrected chi connectivity index (χ2v) is 3.00. The van der Waals surface area contributed by atoms with E-state index in [0.29, 0.717) is 13.0 Å². The number of hydrogen-bond donors (Lipinski definition) is 0. The number of hydrogen-bond acceptors (Lipinski definition) is 4. The van der Waals surface area contributed by atoms with E-state index < -0.39 is 5.97 Å². The Morgan fingerprint density at radius 3 is 2.85 bits per heavy atom. The average molecular weight is 184 g/mol. The molecule has 1 unspecified atom stereocenters. The first-order chi connectivity index (χ1) is 6.13. The monoisotopic (exact) mass is 184 g/mol. The van der Waals surface area contributed by atoms with E-state index >= 15 is 0 Å². The first-order valence-corrected chi connectivity index (χ1v) is 4.05. The number of carbonyl (C=O) groups excluding carboxylic acids is 2. The van der Waals surface area contributed by atoms with Crippen molar-refractivity contribution in [1.82, 2.24) is 0 Å². The second-order valence-electron chi connectivity index (χ2n) is 3.00. The van der Waals surface area contributed by atoms with Gasteiger partial charge in [0.15, 0.2) is 0 Å². The first kappa shape index (κ1) is 9.77. The predicted molar refractivity (Wildman–Crippen MR) is 44.8 cm³/mol. The Bertz CT molecular complexity index is 254. The normalized spacial score (nSPS) is 22.8. The maximum Gasteiger partial charge on any atom is 0.330 e. The van der Waals surface area contributed by atoms with Crippen LogP contribution in [0.3, 0.4) is 0 Å². The fourth-order valence-corrected chi connectivity index (χ4v) is 1.17. The molecule has 4 nitrogen and oxygen atoms in total. The van der Waals surface area contributed by atoms with Crippen LogP contribution in [0.5, 0.6) is 0 Å². The van der Waals surface area contributed by atoms with Gasteiger partial charge in [0.2, 0.25) is 0 Å². The van der Waals surface area contributed by atoms with E-state index in [2.05, 4.69) is 4.74 Å². The van der Waals surface area contributed by atoms with Crippen molar-refractivity contribution in [2.75, 3.05) is 13.7 Å². The number of rotatable bonds is 2. The largest absolute Gasteiger partial charge is 0.466 e. The summed E-state index contributed by atoms with van der Waals surface area (Å²) < 4.78 is 9.24. The molecule has 1 atom stereocenters. The van der Waals surface area contributed by atoms with Crippen LogP contribution in [-0.2, 0) is 19.1 Å². The van der Waals surface area contributed by atoms with Gasteiger partial charge in [-0.05, 0) is 6.92 Å². The van der Waals surface area contributed by atoms with E-state index in [1.54, 1.807) is 6.92 Å². The lowest BCUT2D eigenvalue weighted by Crippen LogP contribution is -2.04. The number of carbonyl (C=O) groups is 2. The lowest BCUT2D eigenvalue weighted by molar-refractivity contribution is -0.138. The molecule has 13 heavy (non-hydrogen) atoms. The zero-order valence-corrected chi connectivity index (χ0v) is 7.70. The summed E-state index contributed by atoms with van der Waals surface area (Å²) in [5, 5.41) is 0. The quantitative estimate of drug-likeness (QED) is 0.467. The van der Waals surface area contributed by atoms with Crippen LogP contribution in [0.1, 0.15) is 13.3 Å². The molecule has 1 heterocycles. The molecule has 0 saturated carbocycles. The van der Waals surface area contributed by atoms with Crippen molar-refractivity contribution in [1.29, 1.82) is 0 Å². The molecule has 72 valence electrons. The predicted octanol–water partition coefficient (Wildman–Crippen LogP) is 0.669. The number of cyclic esters (lactones) is 1. The Balaban J connectivity index is 2.57. The third-order valence-electron chi connectivity index (χ3n) is 2.05. The summed E-state index contributed by atoms with van der Waals surface area (Å²) in [4.78, 5) is 21.6. The summed E-state index contributed by atoms with van der Waals surface area (Å²) in [6.45, 7) is 2.17. The molecule has 0 aromatic carbocycles. The highest BCUT2D eigenvalue weighted by Crippen LogP contribution is 2.21. The summed E-state index contributed by atoms with van der Waals surface area (Å²) in [5.41, 5.74) is 0.831. The molecule has 0 aliphatic carbocycles. The van der Waals surface area contributed by atoms with Crippen molar-refractivity contribution >= 4 is 11.9 Å². The highest BCUT2D eigenvalue weighted by atomic mass is 16.5. The topological polar surface area (TPSA) is 52.6 Å². The summed E-state index contributed by atoms with van der Waals surface area (Å²) >= 11 is 0. The van der Waals surface area contributed by atoms with Crippen LogP contribution < -0.4 is 0 Å². The van der Waals surface area contributed by atoms with Crippen molar-refractivity contribution < 1.29 is 19.1 Å². The summed E-state index contributed by atoms with van der Waals surface area (Å²) in [7, 11) is 1.32. The lowest BCUT2D eigenvalue weighted by Gasteiger charge is -2.04. The van der Waals surface area contributed by atoms with Gasteiger partial charge in [-0.15, -0.1) is 0 Å². The van der Waals surface area contributed by atoms with E-state index in [1.165, 1.54) is 13.2 Å². The molecule has 0 spiro atoms. The van der Waals surface area contributed by atoms with Gasteiger partial charge in [-0.3, -0.25) is 4.79 Å². The SMILES string of the molecule is COC(=O)/C=C(/C)C1COC(=O)C1. The third-order valence-corrected chi connectivity index (χ3v) is 2.05. The van der Waals surface area contributed by atoms with Crippen molar-refractivity contribution in [3.05, 3.63) is 11.6 Å². The maximum absolute atomic E-state index is 10.8. The fraction of sp³-hybridized carbons (Fsp3) is 0.556. The highest BCUT2D eigenvalue weighted by molar-refractivity contribution is 5.83. The van der Waals surface area contributed by atoms with Gasteiger partial charge >= 0.3 is 11.9 Å². The van der Waals surface area contributed by atoms with E-state index in [-0.39, 0.29) is 11.9 Å². The fourth-order valence-electron chi connectivity index (χ4n) is 1.17. The van der Waals surface area contributed by atoms with Crippen molar-refractivity contribution in [3.63, 3.8) is 0 Å². The number of esters is 2. The minimum absolute atomic E-state index is 0.0339. The molecule has 0 aromatic heterocycles. The van der Waals surface area contributed by atoms with E-state index in [1.807, 2.05) is 0 Å². The Morgan fingerprint density at radius 2 is 2.38 bits per heavy atom. The molecule has 1 saturated heterocycles. The van der Waals surface area contributed by atoms with Gasteiger partial charge in [0, 0.05) is 12.0 Å². The van der Waals surface area contributed by atoms with E-state index in [0.717, 1.165) is 5.57 Å². The van der Waals surface area contributed by atoms with Gasteiger partial charge in [-0.25, -0.2) is 4.79 Å². The molecule has 0 bridgehead atoms.